The number of hydrogen-bond acceptors (Lipinski definition) is 5. The molecule has 166 valence electrons. The summed E-state index contributed by atoms with van der Waals surface area (Å²) >= 11 is 0. The first-order valence-corrected chi connectivity index (χ1v) is 12.2. The van der Waals surface area contributed by atoms with Crippen LogP contribution in [0.1, 0.15) is 56.3 Å². The van der Waals surface area contributed by atoms with E-state index in [1.165, 1.54) is 35.0 Å². The summed E-state index contributed by atoms with van der Waals surface area (Å²) in [5.41, 5.74) is 0.972. The monoisotopic (exact) mass is 444 g/mol. The first kappa shape index (κ1) is 21.6. The number of nitrogens with one attached hydrogen (secondary N) is 1. The zero-order chi connectivity index (χ0) is 22.1. The van der Waals surface area contributed by atoms with E-state index in [4.69, 9.17) is 9.47 Å². The lowest BCUT2D eigenvalue weighted by Gasteiger charge is -2.31. The van der Waals surface area contributed by atoms with Gasteiger partial charge in [0.05, 0.1) is 4.90 Å². The average molecular weight is 445 g/mol. The van der Waals surface area contributed by atoms with Gasteiger partial charge < -0.3 is 14.8 Å². The molecule has 8 heteroatoms. The predicted molar refractivity (Wildman–Crippen MR) is 118 cm³/mol. The van der Waals surface area contributed by atoms with E-state index in [-0.39, 0.29) is 10.8 Å². The molecule has 1 N–H and O–H groups in total. The number of sulfonamides is 1. The highest BCUT2D eigenvalue weighted by Crippen LogP contribution is 2.46. The van der Waals surface area contributed by atoms with E-state index in [0.717, 1.165) is 25.7 Å². The Hall–Kier alpha value is -2.58. The molecule has 1 amide bonds. The third-order valence-electron chi connectivity index (χ3n) is 5.87. The van der Waals surface area contributed by atoms with Gasteiger partial charge in [0.25, 0.3) is 11.7 Å². The van der Waals surface area contributed by atoms with Crippen LogP contribution in [0.5, 0.6) is 11.5 Å². The van der Waals surface area contributed by atoms with Gasteiger partial charge in [-0.15, -0.1) is 0 Å². The van der Waals surface area contributed by atoms with Gasteiger partial charge in [0, 0.05) is 43.2 Å². The molecule has 0 aromatic heterocycles. The number of anilines is 1. The smallest absolute Gasteiger partial charge is 0.255 e. The number of amides is 1. The van der Waals surface area contributed by atoms with Crippen LogP contribution in [0.3, 0.4) is 0 Å². The fourth-order valence-electron chi connectivity index (χ4n) is 4.16. The Balaban J connectivity index is 1.46. The van der Waals surface area contributed by atoms with Gasteiger partial charge in [-0.2, -0.15) is 4.31 Å². The van der Waals surface area contributed by atoms with Gasteiger partial charge in [-0.3, -0.25) is 4.79 Å². The topological polar surface area (TPSA) is 84.9 Å². The van der Waals surface area contributed by atoms with Crippen LogP contribution in [0.2, 0.25) is 0 Å². The van der Waals surface area contributed by atoms with E-state index >= 15 is 0 Å². The molecular weight excluding hydrogens is 416 g/mol. The van der Waals surface area contributed by atoms with Crippen LogP contribution >= 0.6 is 0 Å². The van der Waals surface area contributed by atoms with Crippen molar-refractivity contribution in [2.75, 3.05) is 18.4 Å². The molecule has 2 aromatic rings. The van der Waals surface area contributed by atoms with Crippen molar-refractivity contribution >= 4 is 21.6 Å². The number of ether oxygens (including phenoxy) is 2. The SMILES string of the molecule is CCN(CC)S(=O)(=O)c1ccc(C(=O)Nc2ccc3c(c2)OC2(CCCCC2)O3)cc1. The van der Waals surface area contributed by atoms with Crippen LogP contribution in [0, 0.1) is 0 Å². The normalized spacial score (nSPS) is 17.1. The summed E-state index contributed by atoms with van der Waals surface area (Å²) in [7, 11) is -3.55. The summed E-state index contributed by atoms with van der Waals surface area (Å²) in [6.07, 6.45) is 5.09. The quantitative estimate of drug-likeness (QED) is 0.714. The van der Waals surface area contributed by atoms with Crippen LogP contribution < -0.4 is 14.8 Å². The van der Waals surface area contributed by atoms with E-state index in [0.29, 0.717) is 35.8 Å². The van der Waals surface area contributed by atoms with Gasteiger partial charge in [0.2, 0.25) is 10.0 Å². The highest BCUT2D eigenvalue weighted by Gasteiger charge is 2.42. The largest absolute Gasteiger partial charge is 0.448 e. The summed E-state index contributed by atoms with van der Waals surface area (Å²) in [5.74, 6) is 0.458. The summed E-state index contributed by atoms with van der Waals surface area (Å²) in [6, 6.07) is 11.3. The van der Waals surface area contributed by atoms with Crippen molar-refractivity contribution in [2.24, 2.45) is 0 Å². The maximum atomic E-state index is 12.7. The van der Waals surface area contributed by atoms with E-state index in [1.807, 2.05) is 6.07 Å². The summed E-state index contributed by atoms with van der Waals surface area (Å²) in [4.78, 5) is 12.8. The minimum Gasteiger partial charge on any atom is -0.448 e. The van der Waals surface area contributed by atoms with Crippen molar-refractivity contribution < 1.29 is 22.7 Å². The third kappa shape index (κ3) is 4.27. The van der Waals surface area contributed by atoms with Gasteiger partial charge in [-0.1, -0.05) is 20.3 Å². The second kappa shape index (κ2) is 8.51. The summed E-state index contributed by atoms with van der Waals surface area (Å²) < 4.78 is 38.8. The lowest BCUT2D eigenvalue weighted by atomic mass is 9.94. The van der Waals surface area contributed by atoms with Gasteiger partial charge in [-0.05, 0) is 49.2 Å². The number of carbonyl (C=O) groups excluding carboxylic acids is 1. The molecule has 0 atom stereocenters. The molecule has 1 saturated carbocycles. The molecule has 1 fully saturated rings. The average Bonchev–Trinajstić information content (AvgIpc) is 3.11. The molecule has 0 radical (unpaired) electrons. The lowest BCUT2D eigenvalue weighted by molar-refractivity contribution is -0.105. The molecule has 0 saturated heterocycles. The fraction of sp³-hybridized carbons (Fsp3) is 0.435. The number of hydrogen-bond donors (Lipinski definition) is 1. The standard InChI is InChI=1S/C23H28N2O5S/c1-3-25(4-2)31(27,28)19-11-8-17(9-12-19)22(26)24-18-10-13-20-21(16-18)30-23(29-20)14-6-5-7-15-23/h8-13,16H,3-7,14-15H2,1-2H3,(H,24,26). The van der Waals surface area contributed by atoms with Crippen LogP contribution in [-0.4, -0.2) is 37.5 Å². The number of carbonyl (C=O) groups is 1. The number of benzene rings is 2. The maximum absolute atomic E-state index is 12.7. The van der Waals surface area contributed by atoms with Crippen molar-refractivity contribution in [1.29, 1.82) is 0 Å². The summed E-state index contributed by atoms with van der Waals surface area (Å²) in [6.45, 7) is 4.38. The fourth-order valence-corrected chi connectivity index (χ4v) is 5.62. The second-order valence-electron chi connectivity index (χ2n) is 7.90. The molecule has 7 nitrogen and oxygen atoms in total. The Labute approximate surface area is 183 Å². The van der Waals surface area contributed by atoms with E-state index in [1.54, 1.807) is 26.0 Å². The third-order valence-corrected chi connectivity index (χ3v) is 7.93. The van der Waals surface area contributed by atoms with Gasteiger partial charge >= 0.3 is 0 Å². The molecule has 1 aliphatic heterocycles. The van der Waals surface area contributed by atoms with E-state index < -0.39 is 15.8 Å². The second-order valence-corrected chi connectivity index (χ2v) is 9.84. The number of nitrogens with zero attached hydrogens (tertiary/aromatic N) is 1. The van der Waals surface area contributed by atoms with Crippen molar-refractivity contribution in [3.05, 3.63) is 48.0 Å². The minimum absolute atomic E-state index is 0.175. The van der Waals surface area contributed by atoms with E-state index in [9.17, 15) is 13.2 Å². The zero-order valence-electron chi connectivity index (χ0n) is 17.9. The Bertz CT molecular complexity index is 1060. The van der Waals surface area contributed by atoms with Crippen molar-refractivity contribution in [1.82, 2.24) is 4.31 Å². The molecule has 0 unspecified atom stereocenters. The lowest BCUT2D eigenvalue weighted by Crippen LogP contribution is -2.40. The Morgan fingerprint density at radius 2 is 1.61 bits per heavy atom. The molecule has 2 aromatic carbocycles. The first-order chi connectivity index (χ1) is 14.9. The first-order valence-electron chi connectivity index (χ1n) is 10.8. The van der Waals surface area contributed by atoms with Gasteiger partial charge in [0.15, 0.2) is 11.5 Å². The maximum Gasteiger partial charge on any atom is 0.255 e. The molecule has 4 rings (SSSR count). The number of fused-ring (bicyclic) bond motifs is 1. The molecule has 2 aliphatic rings. The zero-order valence-corrected chi connectivity index (χ0v) is 18.7. The van der Waals surface area contributed by atoms with Crippen molar-refractivity contribution in [3.63, 3.8) is 0 Å². The van der Waals surface area contributed by atoms with Gasteiger partial charge in [-0.25, -0.2) is 8.42 Å². The van der Waals surface area contributed by atoms with Crippen LogP contribution in [-0.2, 0) is 10.0 Å². The Morgan fingerprint density at radius 3 is 2.26 bits per heavy atom. The van der Waals surface area contributed by atoms with Crippen molar-refractivity contribution in [3.8, 4) is 11.5 Å². The van der Waals surface area contributed by atoms with Crippen LogP contribution in [0.15, 0.2) is 47.4 Å². The molecule has 1 heterocycles. The predicted octanol–water partition coefficient (Wildman–Crippen LogP) is 4.40. The van der Waals surface area contributed by atoms with Crippen molar-refractivity contribution in [2.45, 2.75) is 56.6 Å². The highest BCUT2D eigenvalue weighted by atomic mass is 32.2. The van der Waals surface area contributed by atoms with Crippen LogP contribution in [0.4, 0.5) is 5.69 Å². The van der Waals surface area contributed by atoms with Gasteiger partial charge in [0.1, 0.15) is 0 Å². The molecule has 0 bridgehead atoms. The molecule has 1 aliphatic carbocycles. The minimum atomic E-state index is -3.55. The summed E-state index contributed by atoms with van der Waals surface area (Å²) in [5, 5.41) is 2.85. The molecule has 1 spiro atoms. The highest BCUT2D eigenvalue weighted by molar-refractivity contribution is 7.89. The molecule has 31 heavy (non-hydrogen) atoms. The van der Waals surface area contributed by atoms with Crippen LogP contribution in [0.25, 0.3) is 0 Å². The number of rotatable bonds is 6. The van der Waals surface area contributed by atoms with E-state index in [2.05, 4.69) is 5.32 Å². The molecular formula is C23H28N2O5S. The Morgan fingerprint density at radius 1 is 0.968 bits per heavy atom. The Kier molecular flexibility index (Phi) is 5.94.